The number of anilines is 1. The molecule has 0 bridgehead atoms. The van der Waals surface area contributed by atoms with Gasteiger partial charge in [-0.05, 0) is 48.9 Å². The van der Waals surface area contributed by atoms with Crippen LogP contribution in [0.1, 0.15) is 34.5 Å². The zero-order chi connectivity index (χ0) is 22.8. The van der Waals surface area contributed by atoms with E-state index < -0.39 is 17.7 Å². The molecule has 1 aliphatic heterocycles. The smallest absolute Gasteiger partial charge is 0.300 e. The monoisotopic (exact) mass is 427 g/mol. The number of ketones is 2. The van der Waals surface area contributed by atoms with Crippen LogP contribution in [0.3, 0.4) is 0 Å². The Morgan fingerprint density at radius 2 is 1.50 bits per heavy atom. The molecular formula is C26H21NO5. The van der Waals surface area contributed by atoms with Gasteiger partial charge < -0.3 is 9.84 Å². The van der Waals surface area contributed by atoms with Crippen molar-refractivity contribution in [3.63, 3.8) is 0 Å². The average Bonchev–Trinajstić information content (AvgIpc) is 3.09. The van der Waals surface area contributed by atoms with Crippen LogP contribution in [0, 0.1) is 0 Å². The first-order chi connectivity index (χ1) is 15.4. The van der Waals surface area contributed by atoms with E-state index in [0.717, 1.165) is 0 Å². The molecule has 1 heterocycles. The summed E-state index contributed by atoms with van der Waals surface area (Å²) in [6, 6.07) is 21.2. The van der Waals surface area contributed by atoms with Crippen molar-refractivity contribution in [2.24, 2.45) is 0 Å². The minimum Gasteiger partial charge on any atom is -0.507 e. The Kier molecular flexibility index (Phi) is 5.60. The van der Waals surface area contributed by atoms with Crippen molar-refractivity contribution in [1.82, 2.24) is 0 Å². The quantitative estimate of drug-likeness (QED) is 0.280. The number of ether oxygens (including phenoxy) is 1. The molecule has 1 saturated heterocycles. The maximum atomic E-state index is 13.1. The van der Waals surface area contributed by atoms with Gasteiger partial charge in [-0.1, -0.05) is 42.5 Å². The van der Waals surface area contributed by atoms with E-state index in [2.05, 4.69) is 0 Å². The van der Waals surface area contributed by atoms with Crippen LogP contribution in [0.25, 0.3) is 5.76 Å². The van der Waals surface area contributed by atoms with Gasteiger partial charge in [0.1, 0.15) is 11.5 Å². The van der Waals surface area contributed by atoms with E-state index in [9.17, 15) is 19.5 Å². The Labute approximate surface area is 185 Å². The lowest BCUT2D eigenvalue weighted by Gasteiger charge is -2.25. The molecule has 0 aliphatic carbocycles. The molecule has 32 heavy (non-hydrogen) atoms. The van der Waals surface area contributed by atoms with Crippen LogP contribution in [-0.2, 0) is 9.59 Å². The molecule has 3 aromatic rings. The van der Waals surface area contributed by atoms with Crippen LogP contribution in [0.2, 0.25) is 0 Å². The third-order valence-corrected chi connectivity index (χ3v) is 5.48. The first-order valence-corrected chi connectivity index (χ1v) is 10.0. The number of Topliss-reactive ketones (excluding diaryl/α,β-unsaturated/α-hetero) is 2. The van der Waals surface area contributed by atoms with Crippen molar-refractivity contribution >= 4 is 28.9 Å². The summed E-state index contributed by atoms with van der Waals surface area (Å²) in [5.74, 6) is -1.25. The van der Waals surface area contributed by atoms with Gasteiger partial charge in [0.2, 0.25) is 0 Å². The lowest BCUT2D eigenvalue weighted by atomic mass is 9.95. The minimum atomic E-state index is -0.843. The van der Waals surface area contributed by atoms with E-state index in [1.54, 1.807) is 86.0 Å². The highest BCUT2D eigenvalue weighted by molar-refractivity contribution is 6.51. The number of methoxy groups -OCH3 is 1. The SMILES string of the molecule is COc1ccc([C@H]2/C(=C(\O)c3ccccc3)C(=O)C(=O)N2c2ccc(C(C)=O)cc2)cc1. The predicted molar refractivity (Wildman–Crippen MR) is 121 cm³/mol. The minimum absolute atomic E-state index is 0.00186. The maximum Gasteiger partial charge on any atom is 0.300 e. The summed E-state index contributed by atoms with van der Waals surface area (Å²) in [7, 11) is 1.55. The highest BCUT2D eigenvalue weighted by Gasteiger charge is 2.46. The van der Waals surface area contributed by atoms with Crippen LogP contribution in [-0.4, -0.2) is 29.7 Å². The largest absolute Gasteiger partial charge is 0.507 e. The van der Waals surface area contributed by atoms with Crippen molar-refractivity contribution in [3.05, 3.63) is 101 Å². The van der Waals surface area contributed by atoms with Crippen molar-refractivity contribution < 1.29 is 24.2 Å². The third-order valence-electron chi connectivity index (χ3n) is 5.48. The van der Waals surface area contributed by atoms with Gasteiger partial charge in [-0.2, -0.15) is 0 Å². The normalized spacial score (nSPS) is 17.4. The van der Waals surface area contributed by atoms with Gasteiger partial charge in [0.25, 0.3) is 11.7 Å². The second-order valence-electron chi connectivity index (χ2n) is 7.41. The Morgan fingerprint density at radius 1 is 0.875 bits per heavy atom. The van der Waals surface area contributed by atoms with Crippen LogP contribution in [0.15, 0.2) is 84.4 Å². The summed E-state index contributed by atoms with van der Waals surface area (Å²) in [6.45, 7) is 1.46. The molecule has 3 aromatic carbocycles. The molecule has 0 unspecified atom stereocenters. The number of nitrogens with zero attached hydrogens (tertiary/aromatic N) is 1. The highest BCUT2D eigenvalue weighted by Crippen LogP contribution is 2.42. The molecule has 1 atom stereocenters. The van der Waals surface area contributed by atoms with Crippen LogP contribution >= 0.6 is 0 Å². The Balaban J connectivity index is 1.90. The van der Waals surface area contributed by atoms with Gasteiger partial charge in [0.05, 0.1) is 18.7 Å². The second kappa shape index (κ2) is 8.51. The van der Waals surface area contributed by atoms with Gasteiger partial charge in [0.15, 0.2) is 5.78 Å². The maximum absolute atomic E-state index is 13.1. The summed E-state index contributed by atoms with van der Waals surface area (Å²) < 4.78 is 5.22. The molecule has 1 aliphatic rings. The number of hydrogen-bond donors (Lipinski definition) is 1. The van der Waals surface area contributed by atoms with Crippen LogP contribution < -0.4 is 9.64 Å². The number of rotatable bonds is 5. The number of amides is 1. The zero-order valence-corrected chi connectivity index (χ0v) is 17.6. The van der Waals surface area contributed by atoms with E-state index >= 15 is 0 Å². The molecule has 6 heteroatoms. The summed E-state index contributed by atoms with van der Waals surface area (Å²) in [5.41, 5.74) is 2.02. The molecule has 1 amide bonds. The van der Waals surface area contributed by atoms with Crippen LogP contribution in [0.4, 0.5) is 5.69 Å². The Bertz CT molecular complexity index is 1210. The fourth-order valence-electron chi connectivity index (χ4n) is 3.81. The fourth-order valence-corrected chi connectivity index (χ4v) is 3.81. The van der Waals surface area contributed by atoms with Gasteiger partial charge in [-0.15, -0.1) is 0 Å². The molecule has 1 N–H and O–H groups in total. The summed E-state index contributed by atoms with van der Waals surface area (Å²) in [5, 5.41) is 11.0. The molecule has 0 saturated carbocycles. The second-order valence-corrected chi connectivity index (χ2v) is 7.41. The number of hydrogen-bond acceptors (Lipinski definition) is 5. The van der Waals surface area contributed by atoms with E-state index in [-0.39, 0.29) is 17.1 Å². The first-order valence-electron chi connectivity index (χ1n) is 10.0. The van der Waals surface area contributed by atoms with Crippen molar-refractivity contribution in [2.45, 2.75) is 13.0 Å². The Morgan fingerprint density at radius 3 is 2.06 bits per heavy atom. The van der Waals surface area contributed by atoms with Crippen LogP contribution in [0.5, 0.6) is 5.75 Å². The van der Waals surface area contributed by atoms with E-state index in [4.69, 9.17) is 4.74 Å². The van der Waals surface area contributed by atoms with Gasteiger partial charge in [-0.3, -0.25) is 19.3 Å². The molecule has 0 spiro atoms. The van der Waals surface area contributed by atoms with Gasteiger partial charge in [0, 0.05) is 16.8 Å². The first kappa shape index (κ1) is 21.1. The predicted octanol–water partition coefficient (Wildman–Crippen LogP) is 4.52. The zero-order valence-electron chi connectivity index (χ0n) is 17.6. The number of aliphatic hydroxyl groups is 1. The molecular weight excluding hydrogens is 406 g/mol. The fraction of sp³-hybridized carbons (Fsp3) is 0.115. The van der Waals surface area contributed by atoms with E-state index in [0.29, 0.717) is 28.1 Å². The average molecular weight is 427 g/mol. The number of carbonyl (C=O) groups excluding carboxylic acids is 3. The number of carbonyl (C=O) groups is 3. The number of benzene rings is 3. The molecule has 4 rings (SSSR count). The summed E-state index contributed by atoms with van der Waals surface area (Å²) in [4.78, 5) is 39.2. The third kappa shape index (κ3) is 3.67. The van der Waals surface area contributed by atoms with E-state index in [1.165, 1.54) is 11.8 Å². The topological polar surface area (TPSA) is 83.9 Å². The molecule has 1 fully saturated rings. The lowest BCUT2D eigenvalue weighted by Crippen LogP contribution is -2.29. The van der Waals surface area contributed by atoms with Crippen molar-refractivity contribution in [2.75, 3.05) is 12.0 Å². The van der Waals surface area contributed by atoms with E-state index in [1.807, 2.05) is 0 Å². The molecule has 0 radical (unpaired) electrons. The molecule has 6 nitrogen and oxygen atoms in total. The molecule has 0 aromatic heterocycles. The van der Waals surface area contributed by atoms with Crippen molar-refractivity contribution in [3.8, 4) is 5.75 Å². The number of aliphatic hydroxyl groups excluding tert-OH is 1. The molecule has 160 valence electrons. The van der Waals surface area contributed by atoms with Gasteiger partial charge in [-0.25, -0.2) is 0 Å². The lowest BCUT2D eigenvalue weighted by molar-refractivity contribution is -0.132. The summed E-state index contributed by atoms with van der Waals surface area (Å²) >= 11 is 0. The summed E-state index contributed by atoms with van der Waals surface area (Å²) in [6.07, 6.45) is 0. The highest BCUT2D eigenvalue weighted by atomic mass is 16.5. The Hall–Kier alpha value is -4.19. The van der Waals surface area contributed by atoms with Gasteiger partial charge >= 0.3 is 0 Å². The van der Waals surface area contributed by atoms with Crippen molar-refractivity contribution in [1.29, 1.82) is 0 Å². The standard InChI is InChI=1S/C26H21NO5/c1-16(28)17-8-12-20(13-9-17)27-23(18-10-14-21(32-2)15-11-18)22(25(30)26(27)31)24(29)19-6-4-3-5-7-19/h3-15,23,29H,1-2H3/b24-22+/t23-/m0/s1.